The molecule has 122 valence electrons. The highest BCUT2D eigenvalue weighted by molar-refractivity contribution is 7.89. The molecule has 0 aromatic heterocycles. The van der Waals surface area contributed by atoms with E-state index in [1.165, 1.54) is 16.4 Å². The summed E-state index contributed by atoms with van der Waals surface area (Å²) in [6, 6.07) is 3.40. The van der Waals surface area contributed by atoms with Crippen molar-refractivity contribution in [2.45, 2.75) is 24.3 Å². The van der Waals surface area contributed by atoms with Crippen LogP contribution in [0.4, 0.5) is 5.69 Å². The van der Waals surface area contributed by atoms with Crippen LogP contribution in [0.15, 0.2) is 23.1 Å². The van der Waals surface area contributed by atoms with Gasteiger partial charge in [0.1, 0.15) is 0 Å². The number of ether oxygens (including phenoxy) is 1. The second-order valence-corrected chi connectivity index (χ2v) is 6.95. The molecule has 1 fully saturated rings. The molecule has 1 aromatic carbocycles. The molecule has 0 bridgehead atoms. The first-order chi connectivity index (χ1) is 10.4. The van der Waals surface area contributed by atoms with Crippen molar-refractivity contribution in [2.75, 3.05) is 26.4 Å². The highest BCUT2D eigenvalue weighted by Gasteiger charge is 2.34. The van der Waals surface area contributed by atoms with Gasteiger partial charge in [-0.2, -0.15) is 4.31 Å². The van der Waals surface area contributed by atoms with Crippen molar-refractivity contribution in [3.8, 4) is 0 Å². The van der Waals surface area contributed by atoms with E-state index >= 15 is 0 Å². The van der Waals surface area contributed by atoms with Crippen LogP contribution >= 0.6 is 0 Å². The zero-order valence-electron chi connectivity index (χ0n) is 12.1. The molecule has 1 aliphatic rings. The number of nitro benzene ring substituents is 1. The van der Waals surface area contributed by atoms with E-state index in [1.54, 1.807) is 6.92 Å². The Hall–Kier alpha value is -1.55. The van der Waals surface area contributed by atoms with Gasteiger partial charge in [0, 0.05) is 24.8 Å². The van der Waals surface area contributed by atoms with Crippen LogP contribution in [0.2, 0.25) is 0 Å². The SMILES string of the molecule is Cc1ccc(S(=O)(=O)N2CCOC[C@H]2CCO)cc1[N+](=O)[O-]. The second-order valence-electron chi connectivity index (χ2n) is 5.06. The number of morpholine rings is 1. The van der Waals surface area contributed by atoms with E-state index in [0.717, 1.165) is 6.07 Å². The number of aliphatic hydroxyl groups is 1. The summed E-state index contributed by atoms with van der Waals surface area (Å²) in [4.78, 5) is 10.3. The number of aliphatic hydroxyl groups excluding tert-OH is 1. The standard InChI is InChI=1S/C13H18N2O6S/c1-10-2-3-12(8-13(10)15(17)18)22(19,20)14-5-7-21-9-11(14)4-6-16/h2-3,8,11,16H,4-7,9H2,1H3/t11-/m1/s1. The largest absolute Gasteiger partial charge is 0.396 e. The number of nitrogens with zero attached hydrogens (tertiary/aromatic N) is 2. The van der Waals surface area contributed by atoms with Gasteiger partial charge in [-0.1, -0.05) is 6.07 Å². The lowest BCUT2D eigenvalue weighted by Gasteiger charge is -2.34. The van der Waals surface area contributed by atoms with E-state index in [4.69, 9.17) is 9.84 Å². The average Bonchev–Trinajstić information content (AvgIpc) is 2.48. The van der Waals surface area contributed by atoms with Crippen molar-refractivity contribution in [3.05, 3.63) is 33.9 Å². The van der Waals surface area contributed by atoms with Gasteiger partial charge < -0.3 is 9.84 Å². The molecule has 1 N–H and O–H groups in total. The van der Waals surface area contributed by atoms with Crippen LogP contribution in [0.1, 0.15) is 12.0 Å². The maximum Gasteiger partial charge on any atom is 0.273 e. The van der Waals surface area contributed by atoms with E-state index in [9.17, 15) is 18.5 Å². The minimum atomic E-state index is -3.87. The fraction of sp³-hybridized carbons (Fsp3) is 0.538. The quantitative estimate of drug-likeness (QED) is 0.628. The summed E-state index contributed by atoms with van der Waals surface area (Å²) in [6.07, 6.45) is 0.257. The Labute approximate surface area is 128 Å². The third-order valence-corrected chi connectivity index (χ3v) is 5.57. The van der Waals surface area contributed by atoms with Crippen molar-refractivity contribution >= 4 is 15.7 Å². The van der Waals surface area contributed by atoms with E-state index in [1.807, 2.05) is 0 Å². The van der Waals surface area contributed by atoms with Crippen LogP contribution in [0.5, 0.6) is 0 Å². The Morgan fingerprint density at radius 2 is 2.23 bits per heavy atom. The highest BCUT2D eigenvalue weighted by Crippen LogP contribution is 2.27. The number of hydrogen-bond acceptors (Lipinski definition) is 6. The Morgan fingerprint density at radius 1 is 1.50 bits per heavy atom. The van der Waals surface area contributed by atoms with Crippen LogP contribution in [-0.4, -0.2) is 55.2 Å². The molecule has 2 rings (SSSR count). The summed E-state index contributed by atoms with van der Waals surface area (Å²) in [5.41, 5.74) is 0.172. The van der Waals surface area contributed by atoms with Gasteiger partial charge in [0.2, 0.25) is 10.0 Å². The van der Waals surface area contributed by atoms with Crippen LogP contribution in [0, 0.1) is 17.0 Å². The summed E-state index contributed by atoms with van der Waals surface area (Å²) >= 11 is 0. The molecule has 0 spiro atoms. The molecule has 0 unspecified atom stereocenters. The predicted octanol–water partition coefficient (Wildman–Crippen LogP) is 0.675. The van der Waals surface area contributed by atoms with Crippen molar-refractivity contribution in [2.24, 2.45) is 0 Å². The third-order valence-electron chi connectivity index (χ3n) is 3.62. The van der Waals surface area contributed by atoms with Crippen LogP contribution in [0.25, 0.3) is 0 Å². The zero-order chi connectivity index (χ0) is 16.3. The van der Waals surface area contributed by atoms with Gasteiger partial charge >= 0.3 is 0 Å². The van der Waals surface area contributed by atoms with Gasteiger partial charge in [-0.05, 0) is 19.4 Å². The number of hydrogen-bond donors (Lipinski definition) is 1. The maximum atomic E-state index is 12.7. The summed E-state index contributed by atoms with van der Waals surface area (Å²) in [5, 5.41) is 20.0. The summed E-state index contributed by atoms with van der Waals surface area (Å²) in [5.74, 6) is 0. The van der Waals surface area contributed by atoms with Crippen molar-refractivity contribution in [1.29, 1.82) is 0 Å². The molecule has 1 atom stereocenters. The zero-order valence-corrected chi connectivity index (χ0v) is 13.0. The molecule has 1 aliphatic heterocycles. The fourth-order valence-electron chi connectivity index (χ4n) is 2.41. The Balaban J connectivity index is 2.40. The molecular formula is C13H18N2O6S. The molecule has 0 saturated carbocycles. The molecule has 0 radical (unpaired) electrons. The Kier molecular flexibility index (Phi) is 5.12. The molecule has 22 heavy (non-hydrogen) atoms. The van der Waals surface area contributed by atoms with Gasteiger partial charge in [0.05, 0.1) is 29.1 Å². The van der Waals surface area contributed by atoms with E-state index < -0.39 is 21.0 Å². The van der Waals surface area contributed by atoms with Gasteiger partial charge in [0.15, 0.2) is 0 Å². The lowest BCUT2D eigenvalue weighted by atomic mass is 10.2. The minimum Gasteiger partial charge on any atom is -0.396 e. The van der Waals surface area contributed by atoms with Gasteiger partial charge in [-0.15, -0.1) is 0 Å². The number of rotatable bonds is 5. The summed E-state index contributed by atoms with van der Waals surface area (Å²) < 4.78 is 32.0. The maximum absolute atomic E-state index is 12.7. The molecule has 1 heterocycles. The molecule has 1 saturated heterocycles. The molecule has 8 nitrogen and oxygen atoms in total. The van der Waals surface area contributed by atoms with Crippen molar-refractivity contribution in [1.82, 2.24) is 4.31 Å². The Bertz CT molecular complexity index is 658. The predicted molar refractivity (Wildman–Crippen MR) is 78.0 cm³/mol. The fourth-order valence-corrected chi connectivity index (χ4v) is 4.06. The first kappa shape index (κ1) is 16.8. The Morgan fingerprint density at radius 3 is 2.86 bits per heavy atom. The topological polar surface area (TPSA) is 110 Å². The lowest BCUT2D eigenvalue weighted by molar-refractivity contribution is -0.385. The lowest BCUT2D eigenvalue weighted by Crippen LogP contribution is -2.48. The number of benzene rings is 1. The molecule has 9 heteroatoms. The third kappa shape index (κ3) is 3.27. The first-order valence-electron chi connectivity index (χ1n) is 6.83. The van der Waals surface area contributed by atoms with Gasteiger partial charge in [-0.25, -0.2) is 8.42 Å². The normalized spacial score (nSPS) is 20.0. The number of nitro groups is 1. The van der Waals surface area contributed by atoms with Crippen LogP contribution in [-0.2, 0) is 14.8 Å². The van der Waals surface area contributed by atoms with Gasteiger partial charge in [0.25, 0.3) is 5.69 Å². The molecule has 0 amide bonds. The number of sulfonamides is 1. The smallest absolute Gasteiger partial charge is 0.273 e. The highest BCUT2D eigenvalue weighted by atomic mass is 32.2. The molecule has 0 aliphatic carbocycles. The van der Waals surface area contributed by atoms with Gasteiger partial charge in [-0.3, -0.25) is 10.1 Å². The molecular weight excluding hydrogens is 312 g/mol. The summed E-state index contributed by atoms with van der Waals surface area (Å²) in [6.45, 7) is 2.02. The average molecular weight is 330 g/mol. The summed E-state index contributed by atoms with van der Waals surface area (Å²) in [7, 11) is -3.87. The van der Waals surface area contributed by atoms with Crippen molar-refractivity contribution in [3.63, 3.8) is 0 Å². The number of aryl methyl sites for hydroxylation is 1. The second kappa shape index (κ2) is 6.69. The monoisotopic (exact) mass is 330 g/mol. The van der Waals surface area contributed by atoms with Crippen LogP contribution < -0.4 is 0 Å². The molecule has 1 aromatic rings. The van der Waals surface area contributed by atoms with E-state index in [0.29, 0.717) is 5.56 Å². The minimum absolute atomic E-state index is 0.116. The van der Waals surface area contributed by atoms with E-state index in [2.05, 4.69) is 0 Å². The van der Waals surface area contributed by atoms with Crippen molar-refractivity contribution < 1.29 is 23.2 Å². The first-order valence-corrected chi connectivity index (χ1v) is 8.27. The van der Waals surface area contributed by atoms with E-state index in [-0.39, 0.29) is 43.4 Å². The van der Waals surface area contributed by atoms with Crippen LogP contribution in [0.3, 0.4) is 0 Å².